The summed E-state index contributed by atoms with van der Waals surface area (Å²) in [6, 6.07) is 4.57. The van der Waals surface area contributed by atoms with Crippen LogP contribution < -0.4 is 10.0 Å². The molecular formula is C22H25F4N3O3S. The quantitative estimate of drug-likeness (QED) is 0.400. The molecule has 0 atom stereocenters. The van der Waals surface area contributed by atoms with Crippen LogP contribution in [0.4, 0.5) is 23.2 Å². The number of unbranched alkanes of at least 4 members (excludes halogenated alkanes) is 1. The van der Waals surface area contributed by atoms with Gasteiger partial charge in [0.05, 0.1) is 11.9 Å². The summed E-state index contributed by atoms with van der Waals surface area (Å²) in [4.78, 5) is 16.3. The Hall–Kier alpha value is -2.95. The molecule has 1 heterocycles. The number of halogens is 4. The predicted octanol–water partition coefficient (Wildman–Crippen LogP) is 4.59. The maximum Gasteiger partial charge on any atom is 0.433 e. The van der Waals surface area contributed by atoms with Crippen LogP contribution in [0.1, 0.15) is 47.8 Å². The van der Waals surface area contributed by atoms with Gasteiger partial charge in [-0.1, -0.05) is 32.1 Å². The zero-order chi connectivity index (χ0) is 25.0. The molecule has 0 aliphatic carbocycles. The summed E-state index contributed by atoms with van der Waals surface area (Å²) in [7, 11) is -3.67. The van der Waals surface area contributed by atoms with Crippen molar-refractivity contribution in [2.45, 2.75) is 45.8 Å². The number of aryl methyl sites for hydroxylation is 2. The lowest BCUT2D eigenvalue weighted by Crippen LogP contribution is -2.24. The molecule has 0 saturated heterocycles. The second kappa shape index (κ2) is 10.3. The first-order valence-corrected chi connectivity index (χ1v) is 11.9. The number of nitrogens with zero attached hydrogens (tertiary/aromatic N) is 1. The first kappa shape index (κ1) is 26.3. The van der Waals surface area contributed by atoms with E-state index in [1.807, 2.05) is 6.92 Å². The zero-order valence-electron chi connectivity index (χ0n) is 18.4. The van der Waals surface area contributed by atoms with E-state index in [-0.39, 0.29) is 35.5 Å². The highest BCUT2D eigenvalue weighted by atomic mass is 32.2. The van der Waals surface area contributed by atoms with Crippen molar-refractivity contribution in [1.29, 1.82) is 0 Å². The summed E-state index contributed by atoms with van der Waals surface area (Å²) in [6.07, 6.45) is -2.14. The Labute approximate surface area is 190 Å². The summed E-state index contributed by atoms with van der Waals surface area (Å²) < 4.78 is 78.3. The minimum absolute atomic E-state index is 0.0603. The highest BCUT2D eigenvalue weighted by molar-refractivity contribution is 7.92. The van der Waals surface area contributed by atoms with Crippen LogP contribution in [0.3, 0.4) is 0 Å². The summed E-state index contributed by atoms with van der Waals surface area (Å²) in [6.45, 7) is 6.99. The van der Waals surface area contributed by atoms with Gasteiger partial charge in [0.25, 0.3) is 5.91 Å². The van der Waals surface area contributed by atoms with Crippen molar-refractivity contribution in [3.8, 4) is 0 Å². The van der Waals surface area contributed by atoms with Gasteiger partial charge in [-0.25, -0.2) is 17.8 Å². The number of pyridine rings is 1. The molecule has 0 spiro atoms. The van der Waals surface area contributed by atoms with E-state index in [2.05, 4.69) is 21.6 Å². The fraction of sp³-hybridized carbons (Fsp3) is 0.364. The third-order valence-electron chi connectivity index (χ3n) is 4.72. The summed E-state index contributed by atoms with van der Waals surface area (Å²) >= 11 is 0. The summed E-state index contributed by atoms with van der Waals surface area (Å²) in [5, 5.41) is 2.55. The van der Waals surface area contributed by atoms with Gasteiger partial charge in [0.15, 0.2) is 0 Å². The fourth-order valence-electron chi connectivity index (χ4n) is 3.11. The van der Waals surface area contributed by atoms with Gasteiger partial charge < -0.3 is 5.32 Å². The molecule has 1 aromatic carbocycles. The lowest BCUT2D eigenvalue weighted by Gasteiger charge is -2.15. The van der Waals surface area contributed by atoms with Gasteiger partial charge in [-0.3, -0.25) is 9.52 Å². The minimum Gasteiger partial charge on any atom is -0.348 e. The Morgan fingerprint density at radius 3 is 2.42 bits per heavy atom. The number of carbonyl (C=O) groups is 1. The molecule has 2 aromatic rings. The van der Waals surface area contributed by atoms with Crippen LogP contribution in [0.2, 0.25) is 0 Å². The number of rotatable bonds is 9. The van der Waals surface area contributed by atoms with Crippen LogP contribution in [-0.2, 0) is 34.0 Å². The monoisotopic (exact) mass is 487 g/mol. The van der Waals surface area contributed by atoms with Crippen LogP contribution >= 0.6 is 0 Å². The van der Waals surface area contributed by atoms with E-state index in [4.69, 9.17) is 0 Å². The van der Waals surface area contributed by atoms with Gasteiger partial charge in [-0.2, -0.15) is 13.2 Å². The van der Waals surface area contributed by atoms with Crippen molar-refractivity contribution >= 4 is 27.2 Å². The molecule has 0 unspecified atom stereocenters. The average molecular weight is 488 g/mol. The number of aromatic nitrogens is 1. The molecule has 11 heteroatoms. The molecule has 0 radical (unpaired) electrons. The Bertz CT molecular complexity index is 1140. The fourth-order valence-corrected chi connectivity index (χ4v) is 3.74. The topological polar surface area (TPSA) is 88.2 Å². The maximum atomic E-state index is 14.3. The van der Waals surface area contributed by atoms with Crippen molar-refractivity contribution in [1.82, 2.24) is 10.3 Å². The molecule has 0 bridgehead atoms. The number of hydrogen-bond donors (Lipinski definition) is 2. The number of alkyl halides is 3. The van der Waals surface area contributed by atoms with Crippen LogP contribution in [0.15, 0.2) is 30.8 Å². The molecule has 33 heavy (non-hydrogen) atoms. The molecule has 0 saturated carbocycles. The van der Waals surface area contributed by atoms with Crippen LogP contribution in [0.25, 0.3) is 5.57 Å². The van der Waals surface area contributed by atoms with Gasteiger partial charge in [0.2, 0.25) is 10.0 Å². The van der Waals surface area contributed by atoms with Gasteiger partial charge >= 0.3 is 6.18 Å². The van der Waals surface area contributed by atoms with E-state index in [0.717, 1.165) is 24.8 Å². The lowest BCUT2D eigenvalue weighted by atomic mass is 10.0. The van der Waals surface area contributed by atoms with Crippen LogP contribution in [0, 0.1) is 12.7 Å². The van der Waals surface area contributed by atoms with Crippen LogP contribution in [0.5, 0.6) is 0 Å². The minimum atomic E-state index is -4.61. The summed E-state index contributed by atoms with van der Waals surface area (Å²) in [5.41, 5.74) is -0.268. The highest BCUT2D eigenvalue weighted by Crippen LogP contribution is 2.30. The lowest BCUT2D eigenvalue weighted by molar-refractivity contribution is -0.141. The van der Waals surface area contributed by atoms with Crippen LogP contribution in [-0.4, -0.2) is 25.6 Å². The van der Waals surface area contributed by atoms with Gasteiger partial charge in [0.1, 0.15) is 11.5 Å². The molecular weight excluding hydrogens is 462 g/mol. The largest absolute Gasteiger partial charge is 0.433 e. The van der Waals surface area contributed by atoms with Crippen molar-refractivity contribution in [2.75, 3.05) is 11.0 Å². The van der Waals surface area contributed by atoms with E-state index in [0.29, 0.717) is 17.5 Å². The Balaban J connectivity index is 2.20. The van der Waals surface area contributed by atoms with E-state index < -0.39 is 33.6 Å². The van der Waals surface area contributed by atoms with E-state index >= 15 is 0 Å². The van der Waals surface area contributed by atoms with Gasteiger partial charge in [-0.15, -0.1) is 0 Å². The first-order valence-electron chi connectivity index (χ1n) is 10.0. The second-order valence-corrected chi connectivity index (χ2v) is 9.35. The zero-order valence-corrected chi connectivity index (χ0v) is 19.3. The molecule has 2 rings (SSSR count). The molecule has 6 nitrogen and oxygen atoms in total. The number of anilines is 1. The number of benzene rings is 1. The Kier molecular flexibility index (Phi) is 8.23. The van der Waals surface area contributed by atoms with Crippen molar-refractivity contribution in [2.24, 2.45) is 0 Å². The number of sulfonamides is 1. The molecule has 1 aromatic heterocycles. The van der Waals surface area contributed by atoms with Crippen molar-refractivity contribution in [3.63, 3.8) is 0 Å². The van der Waals surface area contributed by atoms with Crippen molar-refractivity contribution in [3.05, 3.63) is 64.7 Å². The van der Waals surface area contributed by atoms with E-state index in [1.165, 1.54) is 19.1 Å². The third kappa shape index (κ3) is 7.28. The molecule has 0 aliphatic heterocycles. The number of nitrogens with one attached hydrogen (secondary N) is 2. The Morgan fingerprint density at radius 1 is 1.21 bits per heavy atom. The Morgan fingerprint density at radius 2 is 1.88 bits per heavy atom. The standard InChI is InChI=1S/C22H25F4N3O3S/c1-5-6-7-18-16(8-9-19(28-18)22(24,25)26)14(3)21(30)27-12-15-10-13(2)20(17(23)11-15)29-33(4,31)32/h8-11,29H,3,5-7,12H2,1-2,4H3,(H,27,30). The number of carbonyl (C=O) groups excluding carboxylic acids is 1. The van der Waals surface area contributed by atoms with Gasteiger partial charge in [-0.05, 0) is 43.0 Å². The van der Waals surface area contributed by atoms with Crippen molar-refractivity contribution < 1.29 is 30.8 Å². The maximum absolute atomic E-state index is 14.3. The molecule has 180 valence electrons. The van der Waals surface area contributed by atoms with E-state index in [9.17, 15) is 30.8 Å². The number of hydrogen-bond acceptors (Lipinski definition) is 4. The average Bonchev–Trinajstić information content (AvgIpc) is 2.71. The molecule has 0 aliphatic rings. The third-order valence-corrected chi connectivity index (χ3v) is 5.29. The van der Waals surface area contributed by atoms with Gasteiger partial charge in [0, 0.05) is 23.4 Å². The normalized spacial score (nSPS) is 11.8. The first-order chi connectivity index (χ1) is 15.2. The molecule has 0 fully saturated rings. The van der Waals surface area contributed by atoms with E-state index in [1.54, 1.807) is 0 Å². The molecule has 1 amide bonds. The highest BCUT2D eigenvalue weighted by Gasteiger charge is 2.33. The summed E-state index contributed by atoms with van der Waals surface area (Å²) in [5.74, 6) is -1.46. The smallest absolute Gasteiger partial charge is 0.348 e. The molecule has 2 N–H and O–H groups in total. The SMILES string of the molecule is C=C(C(=O)NCc1cc(C)c(NS(C)(=O)=O)c(F)c1)c1ccc(C(F)(F)F)nc1CCCC. The number of amides is 1. The predicted molar refractivity (Wildman–Crippen MR) is 118 cm³/mol. The second-order valence-electron chi connectivity index (χ2n) is 7.60.